The minimum Gasteiger partial charge on any atom is -0.444 e. The third kappa shape index (κ3) is 3.45. The maximum Gasteiger partial charge on any atom is 0.228 e. The van der Waals surface area contributed by atoms with Crippen LogP contribution in [-0.4, -0.2) is 29.4 Å². The average molecular weight is 269 g/mol. The molecule has 0 N–H and O–H groups in total. The average Bonchev–Trinajstić information content (AvgIpc) is 2.94. The van der Waals surface area contributed by atoms with Gasteiger partial charge in [0.25, 0.3) is 0 Å². The van der Waals surface area contributed by atoms with E-state index in [-0.39, 0.29) is 12.3 Å². The molecule has 0 aliphatic heterocycles. The van der Waals surface area contributed by atoms with Crippen LogP contribution in [0.2, 0.25) is 0 Å². The first-order chi connectivity index (χ1) is 9.70. The van der Waals surface area contributed by atoms with Crippen molar-refractivity contribution < 1.29 is 9.21 Å². The Hall–Kier alpha value is -2.61. The van der Waals surface area contributed by atoms with Gasteiger partial charge in [0, 0.05) is 19.2 Å². The number of oxazole rings is 1. The topological polar surface area (TPSA) is 70.1 Å². The molecular weight excluding hydrogens is 254 g/mol. The summed E-state index contributed by atoms with van der Waals surface area (Å²) in [6.07, 6.45) is 2.01. The van der Waals surface area contributed by atoms with E-state index in [2.05, 4.69) is 4.98 Å². The van der Waals surface area contributed by atoms with Crippen molar-refractivity contribution in [3.63, 3.8) is 0 Å². The predicted octanol–water partition coefficient (Wildman–Crippen LogP) is 2.26. The third-order valence-electron chi connectivity index (χ3n) is 2.89. The van der Waals surface area contributed by atoms with E-state index in [9.17, 15) is 4.79 Å². The smallest absolute Gasteiger partial charge is 0.228 e. The van der Waals surface area contributed by atoms with Gasteiger partial charge in [0.05, 0.1) is 24.6 Å². The molecule has 0 fully saturated rings. The van der Waals surface area contributed by atoms with E-state index in [4.69, 9.17) is 9.68 Å². The van der Waals surface area contributed by atoms with Gasteiger partial charge in [0.1, 0.15) is 6.26 Å². The number of rotatable bonds is 5. The SMILES string of the molecule is CN(CCC#N)C(=O)Cc1coc(-c2ccccc2)n1. The monoisotopic (exact) mass is 269 g/mol. The fourth-order valence-electron chi connectivity index (χ4n) is 1.73. The number of carbonyl (C=O) groups excluding carboxylic acids is 1. The normalized spacial score (nSPS) is 10.0. The minimum atomic E-state index is -0.0758. The van der Waals surface area contributed by atoms with Crippen molar-refractivity contribution in [2.75, 3.05) is 13.6 Å². The summed E-state index contributed by atoms with van der Waals surface area (Å²) in [4.78, 5) is 17.7. The Balaban J connectivity index is 2.00. The standard InChI is InChI=1S/C15H15N3O2/c1-18(9-5-8-16)14(19)10-13-11-20-15(17-13)12-6-3-2-4-7-12/h2-4,6-7,11H,5,9-10H2,1H3. The van der Waals surface area contributed by atoms with Gasteiger partial charge in [-0.3, -0.25) is 4.79 Å². The van der Waals surface area contributed by atoms with Gasteiger partial charge in [-0.15, -0.1) is 0 Å². The first kappa shape index (κ1) is 13.8. The molecule has 0 bridgehead atoms. The molecule has 0 spiro atoms. The second-order valence-corrected chi connectivity index (χ2v) is 4.41. The first-order valence-corrected chi connectivity index (χ1v) is 6.31. The van der Waals surface area contributed by atoms with Crippen LogP contribution in [-0.2, 0) is 11.2 Å². The molecule has 0 unspecified atom stereocenters. The van der Waals surface area contributed by atoms with Crippen LogP contribution >= 0.6 is 0 Å². The summed E-state index contributed by atoms with van der Waals surface area (Å²) < 4.78 is 5.38. The van der Waals surface area contributed by atoms with E-state index in [1.807, 2.05) is 36.4 Å². The second kappa shape index (κ2) is 6.53. The highest BCUT2D eigenvalue weighted by Crippen LogP contribution is 2.18. The number of nitrogens with zero attached hydrogens (tertiary/aromatic N) is 3. The molecule has 1 heterocycles. The lowest BCUT2D eigenvalue weighted by Gasteiger charge is -2.14. The van der Waals surface area contributed by atoms with E-state index in [1.165, 1.54) is 11.2 Å². The van der Waals surface area contributed by atoms with Gasteiger partial charge >= 0.3 is 0 Å². The molecular formula is C15H15N3O2. The first-order valence-electron chi connectivity index (χ1n) is 6.31. The number of hydrogen-bond acceptors (Lipinski definition) is 4. The fourth-order valence-corrected chi connectivity index (χ4v) is 1.73. The van der Waals surface area contributed by atoms with Crippen LogP contribution in [0.4, 0.5) is 0 Å². The Bertz CT molecular complexity index is 614. The van der Waals surface area contributed by atoms with Crippen LogP contribution in [0.1, 0.15) is 12.1 Å². The van der Waals surface area contributed by atoms with Crippen LogP contribution in [0.25, 0.3) is 11.5 Å². The largest absolute Gasteiger partial charge is 0.444 e. The molecule has 5 nitrogen and oxygen atoms in total. The number of aromatic nitrogens is 1. The molecule has 0 aliphatic rings. The van der Waals surface area contributed by atoms with Crippen molar-refractivity contribution in [3.8, 4) is 17.5 Å². The Labute approximate surface area is 117 Å². The lowest BCUT2D eigenvalue weighted by atomic mass is 10.2. The molecule has 102 valence electrons. The molecule has 0 radical (unpaired) electrons. The molecule has 1 aromatic heterocycles. The molecule has 1 aromatic carbocycles. The van der Waals surface area contributed by atoms with Crippen molar-refractivity contribution >= 4 is 5.91 Å². The Kier molecular flexibility index (Phi) is 4.51. The summed E-state index contributed by atoms with van der Waals surface area (Å²) in [5.41, 5.74) is 1.47. The minimum absolute atomic E-state index is 0.0758. The van der Waals surface area contributed by atoms with Gasteiger partial charge < -0.3 is 9.32 Å². The number of hydrogen-bond donors (Lipinski definition) is 0. The molecule has 0 aliphatic carbocycles. The zero-order valence-corrected chi connectivity index (χ0v) is 11.2. The Morgan fingerprint density at radius 2 is 2.15 bits per heavy atom. The quantitative estimate of drug-likeness (QED) is 0.834. The Morgan fingerprint density at radius 1 is 1.40 bits per heavy atom. The van der Waals surface area contributed by atoms with E-state index >= 15 is 0 Å². The zero-order chi connectivity index (χ0) is 14.4. The maximum absolute atomic E-state index is 11.9. The number of nitriles is 1. The second-order valence-electron chi connectivity index (χ2n) is 4.41. The molecule has 0 saturated carbocycles. The summed E-state index contributed by atoms with van der Waals surface area (Å²) >= 11 is 0. The highest BCUT2D eigenvalue weighted by molar-refractivity contribution is 5.78. The summed E-state index contributed by atoms with van der Waals surface area (Å²) in [5.74, 6) is 0.432. The molecule has 2 rings (SSSR count). The lowest BCUT2D eigenvalue weighted by molar-refractivity contribution is -0.129. The molecule has 1 amide bonds. The summed E-state index contributed by atoms with van der Waals surface area (Å²) in [5, 5.41) is 8.50. The van der Waals surface area contributed by atoms with Gasteiger partial charge in [-0.25, -0.2) is 4.98 Å². The zero-order valence-electron chi connectivity index (χ0n) is 11.2. The third-order valence-corrected chi connectivity index (χ3v) is 2.89. The van der Waals surface area contributed by atoms with E-state index < -0.39 is 0 Å². The number of carbonyl (C=O) groups is 1. The van der Waals surface area contributed by atoms with Crippen LogP contribution in [0.3, 0.4) is 0 Å². The van der Waals surface area contributed by atoms with Gasteiger partial charge in [0.15, 0.2) is 0 Å². The van der Waals surface area contributed by atoms with Gasteiger partial charge in [-0.05, 0) is 12.1 Å². The fraction of sp³-hybridized carbons (Fsp3) is 0.267. The molecule has 20 heavy (non-hydrogen) atoms. The van der Waals surface area contributed by atoms with Crippen LogP contribution in [0.5, 0.6) is 0 Å². The van der Waals surface area contributed by atoms with Crippen LogP contribution in [0.15, 0.2) is 41.0 Å². The molecule has 5 heteroatoms. The van der Waals surface area contributed by atoms with Crippen molar-refractivity contribution in [1.29, 1.82) is 5.26 Å². The van der Waals surface area contributed by atoms with Gasteiger partial charge in [-0.2, -0.15) is 5.26 Å². The summed E-state index contributed by atoms with van der Waals surface area (Å²) in [6, 6.07) is 11.5. The van der Waals surface area contributed by atoms with Crippen LogP contribution in [0, 0.1) is 11.3 Å². The maximum atomic E-state index is 11.9. The molecule has 2 aromatic rings. The Morgan fingerprint density at radius 3 is 2.85 bits per heavy atom. The predicted molar refractivity (Wildman–Crippen MR) is 73.5 cm³/mol. The van der Waals surface area contributed by atoms with Gasteiger partial charge in [-0.1, -0.05) is 18.2 Å². The van der Waals surface area contributed by atoms with E-state index in [0.717, 1.165) is 5.56 Å². The van der Waals surface area contributed by atoms with E-state index in [0.29, 0.717) is 24.6 Å². The summed E-state index contributed by atoms with van der Waals surface area (Å²) in [7, 11) is 1.68. The van der Waals surface area contributed by atoms with Crippen molar-refractivity contribution in [2.45, 2.75) is 12.8 Å². The highest BCUT2D eigenvalue weighted by Gasteiger charge is 2.13. The summed E-state index contributed by atoms with van der Waals surface area (Å²) in [6.45, 7) is 0.429. The van der Waals surface area contributed by atoms with Gasteiger partial charge in [0.2, 0.25) is 11.8 Å². The van der Waals surface area contributed by atoms with Crippen molar-refractivity contribution in [3.05, 3.63) is 42.3 Å². The molecule has 0 saturated heterocycles. The molecule has 0 atom stereocenters. The van der Waals surface area contributed by atoms with Crippen LogP contribution < -0.4 is 0 Å². The van der Waals surface area contributed by atoms with E-state index in [1.54, 1.807) is 7.05 Å². The number of benzene rings is 1. The van der Waals surface area contributed by atoms with Crippen molar-refractivity contribution in [1.82, 2.24) is 9.88 Å². The van der Waals surface area contributed by atoms with Crippen molar-refractivity contribution in [2.24, 2.45) is 0 Å². The number of likely N-dealkylation sites (N-methyl/N-ethyl adjacent to an activating group) is 1. The lowest BCUT2D eigenvalue weighted by Crippen LogP contribution is -2.29. The highest BCUT2D eigenvalue weighted by atomic mass is 16.3. The number of amides is 1.